The molecule has 1 aromatic carbocycles. The number of Topliss-reactive ketones (excluding diaryl/α,β-unsaturated/α-hetero) is 1. The first-order valence-corrected chi connectivity index (χ1v) is 10.7. The summed E-state index contributed by atoms with van der Waals surface area (Å²) < 4.78 is 0. The van der Waals surface area contributed by atoms with Crippen LogP contribution in [0.2, 0.25) is 0 Å². The van der Waals surface area contributed by atoms with Gasteiger partial charge in [-0.25, -0.2) is 4.98 Å². The number of nitrogens with zero attached hydrogens (tertiary/aromatic N) is 3. The number of pyridine rings is 1. The summed E-state index contributed by atoms with van der Waals surface area (Å²) in [5.74, 6) is 0.437. The number of carbonyl (C=O) groups excluding carboxylic acids is 2. The van der Waals surface area contributed by atoms with Gasteiger partial charge in [-0.05, 0) is 76.4 Å². The summed E-state index contributed by atoms with van der Waals surface area (Å²) in [6.07, 6.45) is 3.68. The molecule has 2 aromatic rings. The largest absolute Gasteiger partial charge is 0.381 e. The van der Waals surface area contributed by atoms with Crippen LogP contribution in [0.5, 0.6) is 0 Å². The molecule has 0 unspecified atom stereocenters. The quantitative estimate of drug-likeness (QED) is 0.821. The van der Waals surface area contributed by atoms with Crippen LogP contribution in [0.25, 0.3) is 0 Å². The van der Waals surface area contributed by atoms with Crippen molar-refractivity contribution in [3.8, 4) is 0 Å². The van der Waals surface area contributed by atoms with Gasteiger partial charge in [0.15, 0.2) is 11.3 Å². The van der Waals surface area contributed by atoms with Crippen molar-refractivity contribution in [2.24, 2.45) is 5.16 Å². The number of aromatic nitrogens is 1. The van der Waals surface area contributed by atoms with Crippen LogP contribution in [0.1, 0.15) is 53.7 Å². The highest BCUT2D eigenvalue weighted by molar-refractivity contribution is 6.49. The van der Waals surface area contributed by atoms with Crippen LogP contribution in [0.15, 0.2) is 41.7 Å². The minimum atomic E-state index is -0.955. The van der Waals surface area contributed by atoms with Gasteiger partial charge in [-0.2, -0.15) is 0 Å². The van der Waals surface area contributed by atoms with E-state index in [1.807, 2.05) is 24.8 Å². The number of ketones is 1. The maximum atomic E-state index is 13.6. The van der Waals surface area contributed by atoms with E-state index in [1.165, 1.54) is 0 Å². The maximum absolute atomic E-state index is 13.6. The van der Waals surface area contributed by atoms with E-state index < -0.39 is 5.60 Å². The van der Waals surface area contributed by atoms with Gasteiger partial charge in [0, 0.05) is 23.9 Å². The van der Waals surface area contributed by atoms with E-state index in [9.17, 15) is 9.59 Å². The summed E-state index contributed by atoms with van der Waals surface area (Å²) in [7, 11) is 0. The summed E-state index contributed by atoms with van der Waals surface area (Å²) in [6, 6.07) is 8.98. The summed E-state index contributed by atoms with van der Waals surface area (Å²) in [4.78, 5) is 37.8. The fourth-order valence-corrected chi connectivity index (χ4v) is 3.97. The SMILES string of the molecule is Cc1ccnc(N(C(=O)c2ccc(C3=NOC(C)(C)C3=O)cc2)[C@@H]2CCCNC2)c1C. The second-order valence-electron chi connectivity index (χ2n) is 8.70. The van der Waals surface area contributed by atoms with Gasteiger partial charge in [-0.3, -0.25) is 14.5 Å². The second kappa shape index (κ2) is 8.23. The maximum Gasteiger partial charge on any atom is 0.259 e. The first-order chi connectivity index (χ1) is 14.8. The molecule has 7 heteroatoms. The lowest BCUT2D eigenvalue weighted by molar-refractivity contribution is -0.128. The summed E-state index contributed by atoms with van der Waals surface area (Å²) in [5, 5.41) is 7.34. The molecule has 7 nitrogen and oxygen atoms in total. The number of nitrogens with one attached hydrogen (secondary N) is 1. The highest BCUT2D eigenvalue weighted by Crippen LogP contribution is 2.27. The van der Waals surface area contributed by atoms with Crippen molar-refractivity contribution in [2.75, 3.05) is 18.0 Å². The molecule has 1 amide bonds. The van der Waals surface area contributed by atoms with Crippen molar-refractivity contribution in [1.82, 2.24) is 10.3 Å². The van der Waals surface area contributed by atoms with E-state index in [1.54, 1.807) is 44.3 Å². The molecule has 2 aliphatic rings. The number of oxime groups is 1. The van der Waals surface area contributed by atoms with Crippen molar-refractivity contribution in [1.29, 1.82) is 0 Å². The molecule has 1 atom stereocenters. The molecule has 3 heterocycles. The predicted octanol–water partition coefficient (Wildman–Crippen LogP) is 3.18. The van der Waals surface area contributed by atoms with Gasteiger partial charge >= 0.3 is 0 Å². The average Bonchev–Trinajstić information content (AvgIpc) is 3.05. The first-order valence-electron chi connectivity index (χ1n) is 10.7. The van der Waals surface area contributed by atoms with E-state index >= 15 is 0 Å². The first kappa shape index (κ1) is 21.2. The number of carbonyl (C=O) groups is 2. The van der Waals surface area contributed by atoms with Crippen molar-refractivity contribution < 1.29 is 14.4 Å². The van der Waals surface area contributed by atoms with Crippen molar-refractivity contribution >= 4 is 23.2 Å². The van der Waals surface area contributed by atoms with Crippen molar-refractivity contribution in [3.05, 3.63) is 58.8 Å². The molecule has 4 rings (SSSR count). The van der Waals surface area contributed by atoms with Gasteiger partial charge in [0.1, 0.15) is 5.82 Å². The van der Waals surface area contributed by atoms with E-state index in [-0.39, 0.29) is 23.4 Å². The van der Waals surface area contributed by atoms with Gasteiger partial charge in [0.05, 0.1) is 6.04 Å². The number of aryl methyl sites for hydroxylation is 1. The normalized spacial score (nSPS) is 20.2. The molecule has 1 N–H and O–H groups in total. The Morgan fingerprint density at radius 2 is 1.94 bits per heavy atom. The number of amides is 1. The van der Waals surface area contributed by atoms with Crippen LogP contribution in [-0.4, -0.2) is 47.1 Å². The fourth-order valence-electron chi connectivity index (χ4n) is 3.97. The van der Waals surface area contributed by atoms with Gasteiger partial charge in [-0.15, -0.1) is 0 Å². The van der Waals surface area contributed by atoms with Crippen molar-refractivity contribution in [2.45, 2.75) is 52.2 Å². The Labute approximate surface area is 182 Å². The standard InChI is InChI=1S/C24H28N4O3/c1-15-11-13-26-22(16(15)2)28(19-6-5-12-25-14-19)23(30)18-9-7-17(8-10-18)20-21(29)24(3,4)31-27-20/h7-11,13,19,25H,5-6,12,14H2,1-4H3/t19-/m1/s1. The minimum absolute atomic E-state index is 0.0314. The Morgan fingerprint density at radius 3 is 2.55 bits per heavy atom. The lowest BCUT2D eigenvalue weighted by atomic mass is 9.95. The van der Waals surface area contributed by atoms with Crippen LogP contribution >= 0.6 is 0 Å². The highest BCUT2D eigenvalue weighted by atomic mass is 16.7. The lowest BCUT2D eigenvalue weighted by Crippen LogP contribution is -2.49. The zero-order valence-electron chi connectivity index (χ0n) is 18.4. The molecule has 0 aliphatic carbocycles. The Bertz CT molecular complexity index is 1040. The monoisotopic (exact) mass is 420 g/mol. The Kier molecular flexibility index (Phi) is 5.62. The number of hydrogen-bond donors (Lipinski definition) is 1. The van der Waals surface area contributed by atoms with E-state index in [4.69, 9.17) is 4.84 Å². The molecule has 31 heavy (non-hydrogen) atoms. The van der Waals surface area contributed by atoms with E-state index in [0.29, 0.717) is 16.9 Å². The number of anilines is 1. The number of benzene rings is 1. The fraction of sp³-hybridized carbons (Fsp3) is 0.417. The van der Waals surface area contributed by atoms with E-state index in [2.05, 4.69) is 15.5 Å². The molecule has 2 aliphatic heterocycles. The topological polar surface area (TPSA) is 83.9 Å². The third-order valence-corrected chi connectivity index (χ3v) is 6.06. The molecular formula is C24H28N4O3. The molecule has 0 saturated carbocycles. The summed E-state index contributed by atoms with van der Waals surface area (Å²) >= 11 is 0. The van der Waals surface area contributed by atoms with Gasteiger partial charge in [0.25, 0.3) is 5.91 Å². The van der Waals surface area contributed by atoms with Crippen LogP contribution in [0, 0.1) is 13.8 Å². The molecule has 1 saturated heterocycles. The molecule has 0 bridgehead atoms. The zero-order chi connectivity index (χ0) is 22.2. The average molecular weight is 421 g/mol. The number of rotatable bonds is 4. The van der Waals surface area contributed by atoms with Crippen molar-refractivity contribution in [3.63, 3.8) is 0 Å². The molecule has 1 fully saturated rings. The molecule has 0 spiro atoms. The van der Waals surface area contributed by atoms with Gasteiger partial charge < -0.3 is 10.2 Å². The number of hydrogen-bond acceptors (Lipinski definition) is 6. The smallest absolute Gasteiger partial charge is 0.259 e. The Balaban J connectivity index is 1.66. The second-order valence-corrected chi connectivity index (χ2v) is 8.70. The van der Waals surface area contributed by atoms with Crippen LogP contribution in [-0.2, 0) is 9.63 Å². The van der Waals surface area contributed by atoms with Gasteiger partial charge in [-0.1, -0.05) is 17.3 Å². The van der Waals surface area contributed by atoms with Crippen LogP contribution in [0.3, 0.4) is 0 Å². The third kappa shape index (κ3) is 3.97. The lowest BCUT2D eigenvalue weighted by Gasteiger charge is -2.35. The minimum Gasteiger partial charge on any atom is -0.381 e. The molecule has 162 valence electrons. The Hall–Kier alpha value is -3.06. The third-order valence-electron chi connectivity index (χ3n) is 6.06. The highest BCUT2D eigenvalue weighted by Gasteiger charge is 2.40. The van der Waals surface area contributed by atoms with Crippen LogP contribution in [0.4, 0.5) is 5.82 Å². The molecule has 1 aromatic heterocycles. The Morgan fingerprint density at radius 1 is 1.19 bits per heavy atom. The zero-order valence-corrected chi connectivity index (χ0v) is 18.4. The molecular weight excluding hydrogens is 392 g/mol. The predicted molar refractivity (Wildman–Crippen MR) is 120 cm³/mol. The van der Waals surface area contributed by atoms with Crippen LogP contribution < -0.4 is 10.2 Å². The molecule has 0 radical (unpaired) electrons. The van der Waals surface area contributed by atoms with Gasteiger partial charge in [0.2, 0.25) is 5.78 Å². The van der Waals surface area contributed by atoms with E-state index in [0.717, 1.165) is 37.1 Å². The number of piperidine rings is 1. The summed E-state index contributed by atoms with van der Waals surface area (Å²) in [5.41, 5.74) is 2.62. The summed E-state index contributed by atoms with van der Waals surface area (Å²) in [6.45, 7) is 9.11.